The van der Waals surface area contributed by atoms with Crippen molar-refractivity contribution in [3.8, 4) is 0 Å². The Kier molecular flexibility index (Phi) is 5.86. The van der Waals surface area contributed by atoms with Crippen LogP contribution < -0.4 is 5.32 Å². The van der Waals surface area contributed by atoms with Gasteiger partial charge in [0.05, 0.1) is 0 Å². The molecule has 0 aliphatic carbocycles. The highest BCUT2D eigenvalue weighted by Crippen LogP contribution is 2.13. The zero-order chi connectivity index (χ0) is 14.4. The molecule has 1 unspecified atom stereocenters. The normalized spacial score (nSPS) is 18.9. The lowest BCUT2D eigenvalue weighted by molar-refractivity contribution is 0.103. The number of aryl methyl sites for hydroxylation is 1. The molecule has 0 bridgehead atoms. The van der Waals surface area contributed by atoms with E-state index < -0.39 is 0 Å². The van der Waals surface area contributed by atoms with Crippen LogP contribution in [0.1, 0.15) is 25.8 Å². The van der Waals surface area contributed by atoms with Crippen molar-refractivity contribution in [1.82, 2.24) is 9.80 Å². The van der Waals surface area contributed by atoms with Crippen molar-refractivity contribution in [2.24, 2.45) is 0 Å². The number of para-hydroxylation sites is 1. The van der Waals surface area contributed by atoms with Crippen molar-refractivity contribution in [3.63, 3.8) is 0 Å². The predicted octanol–water partition coefficient (Wildman–Crippen LogP) is 2.82. The van der Waals surface area contributed by atoms with Gasteiger partial charge < -0.3 is 5.32 Å². The van der Waals surface area contributed by atoms with Gasteiger partial charge in [-0.25, -0.2) is 0 Å². The van der Waals surface area contributed by atoms with E-state index in [1.165, 1.54) is 43.9 Å². The summed E-state index contributed by atoms with van der Waals surface area (Å²) in [5, 5.41) is 3.55. The van der Waals surface area contributed by atoms with Crippen LogP contribution in [0.5, 0.6) is 0 Å². The Labute approximate surface area is 124 Å². The van der Waals surface area contributed by atoms with Crippen molar-refractivity contribution in [2.45, 2.75) is 33.2 Å². The lowest BCUT2D eigenvalue weighted by Gasteiger charge is -2.37. The molecule has 3 nitrogen and oxygen atoms in total. The standard InChI is InChI=1S/C17H29N3/c1-4-16(3)20-13-11-19(12-14-20)10-9-18-17-8-6-5-7-15(17)2/h5-8,16,18H,4,9-14H2,1-3H3. The van der Waals surface area contributed by atoms with E-state index in [1.54, 1.807) is 0 Å². The highest BCUT2D eigenvalue weighted by atomic mass is 15.3. The fourth-order valence-corrected chi connectivity index (χ4v) is 2.81. The predicted molar refractivity (Wildman–Crippen MR) is 87.4 cm³/mol. The van der Waals surface area contributed by atoms with Gasteiger partial charge in [-0.2, -0.15) is 0 Å². The molecule has 1 fully saturated rings. The molecule has 0 radical (unpaired) electrons. The topological polar surface area (TPSA) is 18.5 Å². The number of anilines is 1. The Balaban J connectivity index is 1.68. The molecule has 1 saturated heterocycles. The molecule has 1 aromatic carbocycles. The average Bonchev–Trinajstić information content (AvgIpc) is 2.49. The van der Waals surface area contributed by atoms with Gasteiger partial charge in [-0.3, -0.25) is 9.80 Å². The first kappa shape index (κ1) is 15.3. The maximum absolute atomic E-state index is 3.55. The monoisotopic (exact) mass is 275 g/mol. The van der Waals surface area contributed by atoms with E-state index in [0.29, 0.717) is 0 Å². The summed E-state index contributed by atoms with van der Waals surface area (Å²) >= 11 is 0. The Morgan fingerprint density at radius 3 is 2.50 bits per heavy atom. The van der Waals surface area contributed by atoms with Crippen molar-refractivity contribution in [3.05, 3.63) is 29.8 Å². The molecule has 0 spiro atoms. The number of piperazine rings is 1. The first-order valence-electron chi connectivity index (χ1n) is 7.96. The summed E-state index contributed by atoms with van der Waals surface area (Å²) in [5.74, 6) is 0. The fraction of sp³-hybridized carbons (Fsp3) is 0.647. The zero-order valence-electron chi connectivity index (χ0n) is 13.2. The fourth-order valence-electron chi connectivity index (χ4n) is 2.81. The van der Waals surface area contributed by atoms with E-state index in [1.807, 2.05) is 0 Å². The van der Waals surface area contributed by atoms with E-state index in [0.717, 1.165) is 19.1 Å². The van der Waals surface area contributed by atoms with E-state index >= 15 is 0 Å². The van der Waals surface area contributed by atoms with Crippen molar-refractivity contribution in [1.29, 1.82) is 0 Å². The highest BCUT2D eigenvalue weighted by Gasteiger charge is 2.19. The molecule has 0 amide bonds. The number of nitrogens with one attached hydrogen (secondary N) is 1. The van der Waals surface area contributed by atoms with Gasteiger partial charge >= 0.3 is 0 Å². The van der Waals surface area contributed by atoms with Gasteiger partial charge in [0.2, 0.25) is 0 Å². The smallest absolute Gasteiger partial charge is 0.0370 e. The maximum atomic E-state index is 3.55. The largest absolute Gasteiger partial charge is 0.384 e. The quantitative estimate of drug-likeness (QED) is 0.861. The van der Waals surface area contributed by atoms with Gasteiger partial charge in [-0.15, -0.1) is 0 Å². The van der Waals surface area contributed by atoms with Crippen LogP contribution in [0, 0.1) is 6.92 Å². The van der Waals surface area contributed by atoms with Crippen molar-refractivity contribution < 1.29 is 0 Å². The molecule has 1 N–H and O–H groups in total. The lowest BCUT2D eigenvalue weighted by atomic mass is 10.2. The van der Waals surface area contributed by atoms with Gasteiger partial charge in [0, 0.05) is 51.0 Å². The Hall–Kier alpha value is -1.06. The third-order valence-electron chi connectivity index (χ3n) is 4.51. The molecule has 0 aromatic heterocycles. The van der Waals surface area contributed by atoms with Gasteiger partial charge in [-0.1, -0.05) is 25.1 Å². The molecule has 1 aromatic rings. The highest BCUT2D eigenvalue weighted by molar-refractivity contribution is 5.50. The number of benzene rings is 1. The van der Waals surface area contributed by atoms with Crippen LogP contribution in [0.15, 0.2) is 24.3 Å². The molecule has 20 heavy (non-hydrogen) atoms. The Morgan fingerprint density at radius 1 is 1.15 bits per heavy atom. The third kappa shape index (κ3) is 4.22. The van der Waals surface area contributed by atoms with E-state index in [4.69, 9.17) is 0 Å². The summed E-state index contributed by atoms with van der Waals surface area (Å²) < 4.78 is 0. The summed E-state index contributed by atoms with van der Waals surface area (Å²) in [6.45, 7) is 13.8. The summed E-state index contributed by atoms with van der Waals surface area (Å²) in [4.78, 5) is 5.19. The number of hydrogen-bond acceptors (Lipinski definition) is 3. The molecule has 0 saturated carbocycles. The van der Waals surface area contributed by atoms with Crippen LogP contribution in [0.3, 0.4) is 0 Å². The van der Waals surface area contributed by atoms with Crippen LogP contribution in [-0.4, -0.2) is 55.1 Å². The second-order valence-corrected chi connectivity index (χ2v) is 5.88. The van der Waals surface area contributed by atoms with E-state index in [9.17, 15) is 0 Å². The minimum atomic E-state index is 0.738. The number of rotatable bonds is 6. The average molecular weight is 275 g/mol. The lowest BCUT2D eigenvalue weighted by Crippen LogP contribution is -2.50. The molecule has 1 aliphatic heterocycles. The van der Waals surface area contributed by atoms with Gasteiger partial charge in [0.15, 0.2) is 0 Å². The summed E-state index contributed by atoms with van der Waals surface area (Å²) in [7, 11) is 0. The molecular formula is C17H29N3. The molecule has 1 atom stereocenters. The van der Waals surface area contributed by atoms with Crippen LogP contribution in [0.4, 0.5) is 5.69 Å². The maximum Gasteiger partial charge on any atom is 0.0370 e. The molecule has 112 valence electrons. The summed E-state index contributed by atoms with van der Waals surface area (Å²) in [5.41, 5.74) is 2.60. The second kappa shape index (κ2) is 7.65. The molecule has 1 aliphatic rings. The van der Waals surface area contributed by atoms with Crippen LogP contribution >= 0.6 is 0 Å². The zero-order valence-corrected chi connectivity index (χ0v) is 13.2. The molecule has 1 heterocycles. The summed E-state index contributed by atoms with van der Waals surface area (Å²) in [6, 6.07) is 9.25. The Bertz CT molecular complexity index is 397. The number of nitrogens with zero attached hydrogens (tertiary/aromatic N) is 2. The SMILES string of the molecule is CCC(C)N1CCN(CCNc2ccccc2C)CC1. The van der Waals surface area contributed by atoms with Crippen LogP contribution in [0.2, 0.25) is 0 Å². The second-order valence-electron chi connectivity index (χ2n) is 5.88. The molecule has 3 heteroatoms. The van der Waals surface area contributed by atoms with Crippen molar-refractivity contribution in [2.75, 3.05) is 44.6 Å². The summed E-state index contributed by atoms with van der Waals surface area (Å²) in [6.07, 6.45) is 1.26. The van der Waals surface area contributed by atoms with Gasteiger partial charge in [0.25, 0.3) is 0 Å². The molecular weight excluding hydrogens is 246 g/mol. The number of hydrogen-bond donors (Lipinski definition) is 1. The van der Waals surface area contributed by atoms with Gasteiger partial charge in [0.1, 0.15) is 0 Å². The third-order valence-corrected chi connectivity index (χ3v) is 4.51. The van der Waals surface area contributed by atoms with Crippen LogP contribution in [0.25, 0.3) is 0 Å². The van der Waals surface area contributed by atoms with Gasteiger partial charge in [-0.05, 0) is 31.9 Å². The Morgan fingerprint density at radius 2 is 1.85 bits per heavy atom. The van der Waals surface area contributed by atoms with Crippen molar-refractivity contribution >= 4 is 5.69 Å². The first-order chi connectivity index (χ1) is 9.70. The molecule has 2 rings (SSSR count). The first-order valence-corrected chi connectivity index (χ1v) is 7.96. The minimum Gasteiger partial charge on any atom is -0.384 e. The minimum absolute atomic E-state index is 0.738. The van der Waals surface area contributed by atoms with E-state index in [-0.39, 0.29) is 0 Å². The van der Waals surface area contributed by atoms with Crippen LogP contribution in [-0.2, 0) is 0 Å². The van der Waals surface area contributed by atoms with E-state index in [2.05, 4.69) is 60.2 Å².